The second-order valence-electron chi connectivity index (χ2n) is 20.3. The Bertz CT molecular complexity index is 2610. The van der Waals surface area contributed by atoms with Gasteiger partial charge in [-0.25, -0.2) is 33.7 Å². The summed E-state index contributed by atoms with van der Waals surface area (Å²) in [6.07, 6.45) is 13.9. The first-order chi connectivity index (χ1) is 32.6. The van der Waals surface area contributed by atoms with Gasteiger partial charge in [-0.15, -0.1) is 0 Å². The highest BCUT2D eigenvalue weighted by Crippen LogP contribution is 2.72. The molecule has 0 bridgehead atoms. The van der Waals surface area contributed by atoms with Crippen LogP contribution in [0.4, 0.5) is 0 Å². The van der Waals surface area contributed by atoms with Crippen LogP contribution in [-0.4, -0.2) is 33.7 Å². The van der Waals surface area contributed by atoms with E-state index in [4.69, 9.17) is 0 Å². The number of benzene rings is 4. The summed E-state index contributed by atoms with van der Waals surface area (Å²) in [7, 11) is -17.6. The van der Waals surface area contributed by atoms with E-state index < -0.39 is 39.3 Å². The van der Waals surface area contributed by atoms with Gasteiger partial charge < -0.3 is 0 Å². The molecule has 8 nitrogen and oxygen atoms in total. The molecule has 0 aromatic heterocycles. The normalized spacial score (nSPS) is 16.8. The van der Waals surface area contributed by atoms with E-state index in [0.29, 0.717) is 192 Å². The predicted octanol–water partition coefficient (Wildman–Crippen LogP) is 14.0. The lowest BCUT2D eigenvalue weighted by Gasteiger charge is -2.25. The van der Waals surface area contributed by atoms with Crippen LogP contribution in [0.15, 0.2) is 39.2 Å². The van der Waals surface area contributed by atoms with E-state index >= 15 is 33.7 Å². The van der Waals surface area contributed by atoms with Crippen LogP contribution in [0.2, 0.25) is 0 Å². The minimum atomic E-state index is -4.40. The van der Waals surface area contributed by atoms with Crippen LogP contribution in [0.5, 0.6) is 0 Å². The highest BCUT2D eigenvalue weighted by atomic mass is 32.2. The molecule has 4 aromatic carbocycles. The molecular formula is C56H72O8S4. The SMILES string of the molecule is CCCCc1c(CCCC)c2c3c4c1S(=O)(=O)c1c(CCCC)c(CCCC)c5c(c1-4)-c1c4c(c(CCCC)c(CCCC)c1S5(=O)=O)S(=O)(=O)c1c(CCCC)c(CCCC)c(c-3c1-4)S2(=O)=O. The molecule has 0 atom stereocenters. The molecule has 0 amide bonds. The molecule has 68 heavy (non-hydrogen) atoms. The van der Waals surface area contributed by atoms with Crippen LogP contribution >= 0.6 is 0 Å². The standard InChI is InChI=1S/C56H72O8S4/c1-9-17-25-33-34(26-18-10-2)50-42-41-43-45-47-48-46-44(42)52(66(50,59)60)37(29-21-13-5)38(30-22-14-6)54(46)68(63,64)56(48)40(32-24-16-8)39(31-23-15-7)55(47)67(61,62)53(45)36(28-20-12-4)35(27-19-11-3)51(43)65(57,58)49(33)41/h9-32H2,1-8H3. The fourth-order valence-electron chi connectivity index (χ4n) is 12.8. The quantitative estimate of drug-likeness (QED) is 0.0584. The Hall–Kier alpha value is -3.32. The molecule has 9 rings (SSSR count). The van der Waals surface area contributed by atoms with Crippen molar-refractivity contribution in [2.45, 2.75) is 249 Å². The molecule has 1 aliphatic carbocycles. The lowest BCUT2D eigenvalue weighted by atomic mass is 9.75. The van der Waals surface area contributed by atoms with Crippen LogP contribution in [0.3, 0.4) is 0 Å². The van der Waals surface area contributed by atoms with Crippen LogP contribution in [-0.2, 0) is 90.7 Å². The molecule has 4 aliphatic heterocycles. The fourth-order valence-corrected chi connectivity index (χ4v) is 21.8. The van der Waals surface area contributed by atoms with E-state index in [1.54, 1.807) is 0 Å². The highest BCUT2D eigenvalue weighted by molar-refractivity contribution is 7.94. The van der Waals surface area contributed by atoms with Gasteiger partial charge in [-0.1, -0.05) is 107 Å². The minimum absolute atomic E-state index is 0.126. The maximum atomic E-state index is 16.4. The zero-order chi connectivity index (χ0) is 48.8. The van der Waals surface area contributed by atoms with Crippen LogP contribution in [0.25, 0.3) is 44.5 Å². The smallest absolute Gasteiger partial charge is 0.208 e. The van der Waals surface area contributed by atoms with Crippen molar-refractivity contribution in [3.8, 4) is 44.5 Å². The predicted molar refractivity (Wildman–Crippen MR) is 272 cm³/mol. The second-order valence-corrected chi connectivity index (χ2v) is 27.6. The van der Waals surface area contributed by atoms with Gasteiger partial charge in [0.15, 0.2) is 0 Å². The molecule has 0 radical (unpaired) electrons. The van der Waals surface area contributed by atoms with Gasteiger partial charge in [-0.2, -0.15) is 0 Å². The average Bonchev–Trinajstić information content (AvgIpc) is 3.89. The minimum Gasteiger partial charge on any atom is -0.218 e. The first-order valence-corrected chi connectivity index (χ1v) is 32.4. The molecule has 0 N–H and O–H groups in total. The van der Waals surface area contributed by atoms with E-state index in [1.165, 1.54) is 0 Å². The van der Waals surface area contributed by atoms with Gasteiger partial charge in [0.05, 0.1) is 39.2 Å². The third-order valence-corrected chi connectivity index (χ3v) is 23.8. The number of unbranched alkanes of at least 4 members (excludes halogenated alkanes) is 8. The van der Waals surface area contributed by atoms with Crippen LogP contribution < -0.4 is 0 Å². The maximum Gasteiger partial charge on any atom is 0.208 e. The van der Waals surface area contributed by atoms with Crippen molar-refractivity contribution in [2.75, 3.05) is 0 Å². The van der Waals surface area contributed by atoms with Gasteiger partial charge in [-0.05, 0) is 147 Å². The maximum absolute atomic E-state index is 16.4. The number of hydrogen-bond donors (Lipinski definition) is 0. The Morgan fingerprint density at radius 2 is 0.309 bits per heavy atom. The van der Waals surface area contributed by atoms with Gasteiger partial charge in [0, 0.05) is 44.5 Å². The summed E-state index contributed by atoms with van der Waals surface area (Å²) in [5.41, 5.74) is 6.73. The first-order valence-electron chi connectivity index (χ1n) is 26.5. The summed E-state index contributed by atoms with van der Waals surface area (Å²) in [4.78, 5) is 1.01. The summed E-state index contributed by atoms with van der Waals surface area (Å²) in [5, 5.41) is 0. The van der Waals surface area contributed by atoms with Gasteiger partial charge in [0.2, 0.25) is 39.3 Å². The zero-order valence-electron chi connectivity index (χ0n) is 41.9. The highest BCUT2D eigenvalue weighted by Gasteiger charge is 2.58. The summed E-state index contributed by atoms with van der Waals surface area (Å²) >= 11 is 0. The van der Waals surface area contributed by atoms with Crippen molar-refractivity contribution in [3.63, 3.8) is 0 Å². The molecule has 0 saturated carbocycles. The molecule has 0 saturated heterocycles. The number of sulfone groups is 4. The number of hydrogen-bond acceptors (Lipinski definition) is 8. The van der Waals surface area contributed by atoms with Crippen molar-refractivity contribution in [1.82, 2.24) is 0 Å². The van der Waals surface area contributed by atoms with Gasteiger partial charge in [0.1, 0.15) is 0 Å². The molecule has 5 aliphatic rings. The van der Waals surface area contributed by atoms with Crippen LogP contribution in [0.1, 0.15) is 203 Å². The Kier molecular flexibility index (Phi) is 13.4. The summed E-state index contributed by atoms with van der Waals surface area (Å²) in [5.74, 6) is 0. The molecule has 0 unspecified atom stereocenters. The van der Waals surface area contributed by atoms with Crippen molar-refractivity contribution in [2.24, 2.45) is 0 Å². The summed E-state index contributed by atoms with van der Waals surface area (Å²) in [6, 6.07) is 0. The first kappa shape index (κ1) is 49.7. The largest absolute Gasteiger partial charge is 0.218 e. The molecule has 0 spiro atoms. The van der Waals surface area contributed by atoms with E-state index in [2.05, 4.69) is 55.4 Å². The van der Waals surface area contributed by atoms with Crippen LogP contribution in [0, 0.1) is 0 Å². The Morgan fingerprint density at radius 1 is 0.206 bits per heavy atom. The molecule has 368 valence electrons. The Balaban J connectivity index is 1.69. The van der Waals surface area contributed by atoms with Gasteiger partial charge >= 0.3 is 0 Å². The molecule has 0 fully saturated rings. The Morgan fingerprint density at radius 3 is 0.397 bits per heavy atom. The molecule has 4 aromatic rings. The summed E-state index contributed by atoms with van der Waals surface area (Å²) in [6.45, 7) is 16.4. The van der Waals surface area contributed by atoms with Crippen molar-refractivity contribution >= 4 is 39.3 Å². The second kappa shape index (κ2) is 18.4. The third-order valence-electron chi connectivity index (χ3n) is 15.9. The van der Waals surface area contributed by atoms with E-state index in [1.807, 2.05) is 0 Å². The Labute approximate surface area is 408 Å². The fraction of sp³-hybridized carbons (Fsp3) is 0.571. The molecule has 4 heterocycles. The molecule has 12 heteroatoms. The van der Waals surface area contributed by atoms with Crippen molar-refractivity contribution < 1.29 is 33.7 Å². The number of rotatable bonds is 24. The summed E-state index contributed by atoms with van der Waals surface area (Å²) < 4.78 is 131. The van der Waals surface area contributed by atoms with E-state index in [9.17, 15) is 0 Å². The van der Waals surface area contributed by atoms with E-state index in [0.717, 1.165) is 51.4 Å². The molecular weight excluding hydrogens is 929 g/mol. The topological polar surface area (TPSA) is 137 Å². The van der Waals surface area contributed by atoms with Gasteiger partial charge in [-0.3, -0.25) is 0 Å². The van der Waals surface area contributed by atoms with Gasteiger partial charge in [0.25, 0.3) is 0 Å². The lowest BCUT2D eigenvalue weighted by molar-refractivity contribution is 0.587. The monoisotopic (exact) mass is 1000 g/mol. The lowest BCUT2D eigenvalue weighted by Crippen LogP contribution is -2.14. The zero-order valence-corrected chi connectivity index (χ0v) is 45.1. The average molecular weight is 1000 g/mol. The van der Waals surface area contributed by atoms with Crippen molar-refractivity contribution in [3.05, 3.63) is 44.5 Å². The third kappa shape index (κ3) is 6.70. The van der Waals surface area contributed by atoms with E-state index in [-0.39, 0.29) is 39.2 Å². The van der Waals surface area contributed by atoms with Crippen molar-refractivity contribution in [1.29, 1.82) is 0 Å².